The monoisotopic (exact) mass is 356 g/mol. The summed E-state index contributed by atoms with van der Waals surface area (Å²) in [5, 5.41) is 16.8. The first kappa shape index (κ1) is 17.2. The van der Waals surface area contributed by atoms with E-state index in [-0.39, 0.29) is 5.91 Å². The number of hydrogen-bond acceptors (Lipinski definition) is 6. The number of pyridine rings is 1. The van der Waals surface area contributed by atoms with E-state index in [9.17, 15) is 4.79 Å². The summed E-state index contributed by atoms with van der Waals surface area (Å²) in [6.45, 7) is 6.23. The van der Waals surface area contributed by atoms with Crippen LogP contribution in [0.5, 0.6) is 0 Å². The zero-order valence-corrected chi connectivity index (χ0v) is 15.2. The molecule has 0 aliphatic heterocycles. The maximum Gasteiger partial charge on any atom is 0.260 e. The van der Waals surface area contributed by atoms with E-state index in [1.54, 1.807) is 17.1 Å². The van der Waals surface area contributed by atoms with Crippen molar-refractivity contribution >= 4 is 22.4 Å². The Morgan fingerprint density at radius 1 is 1.32 bits per heavy atom. The second-order valence-electron chi connectivity index (χ2n) is 6.01. The number of rotatable bonds is 6. The lowest BCUT2D eigenvalue weighted by Gasteiger charge is -2.06. The SMILES string of the molecule is CCc1c(C(=O)Nc2nnc(CC(C)C)s2)cnn1-c1ccccn1. The fourth-order valence-corrected chi connectivity index (χ4v) is 3.43. The number of amides is 1. The van der Waals surface area contributed by atoms with Gasteiger partial charge in [0.15, 0.2) is 5.82 Å². The fourth-order valence-electron chi connectivity index (χ4n) is 2.48. The van der Waals surface area contributed by atoms with Gasteiger partial charge in [-0.3, -0.25) is 10.1 Å². The first-order chi connectivity index (χ1) is 12.1. The van der Waals surface area contributed by atoms with E-state index < -0.39 is 0 Å². The number of hydrogen-bond donors (Lipinski definition) is 1. The van der Waals surface area contributed by atoms with Gasteiger partial charge >= 0.3 is 0 Å². The quantitative estimate of drug-likeness (QED) is 0.733. The van der Waals surface area contributed by atoms with Crippen molar-refractivity contribution < 1.29 is 4.79 Å². The van der Waals surface area contributed by atoms with E-state index in [1.165, 1.54) is 11.3 Å². The van der Waals surface area contributed by atoms with Crippen LogP contribution >= 0.6 is 11.3 Å². The van der Waals surface area contributed by atoms with Crippen LogP contribution in [0.3, 0.4) is 0 Å². The summed E-state index contributed by atoms with van der Waals surface area (Å²) in [4.78, 5) is 16.9. The standard InChI is InChI=1S/C17H20N6OS/c1-4-13-12(10-19-23(13)14-7-5-6-8-18-14)16(24)20-17-22-21-15(25-17)9-11(2)3/h5-8,10-11H,4,9H2,1-3H3,(H,20,22,24). The number of nitrogens with one attached hydrogen (secondary N) is 1. The summed E-state index contributed by atoms with van der Waals surface area (Å²) < 4.78 is 1.69. The molecule has 3 aromatic heterocycles. The minimum absolute atomic E-state index is 0.230. The van der Waals surface area contributed by atoms with Crippen molar-refractivity contribution in [3.8, 4) is 5.82 Å². The van der Waals surface area contributed by atoms with Crippen LogP contribution in [0.2, 0.25) is 0 Å². The summed E-state index contributed by atoms with van der Waals surface area (Å²) in [7, 11) is 0. The number of anilines is 1. The summed E-state index contributed by atoms with van der Waals surface area (Å²) in [6, 6.07) is 5.59. The maximum atomic E-state index is 12.6. The summed E-state index contributed by atoms with van der Waals surface area (Å²) in [5.41, 5.74) is 1.33. The zero-order valence-electron chi connectivity index (χ0n) is 14.4. The molecule has 3 heterocycles. The van der Waals surface area contributed by atoms with E-state index in [0.29, 0.717) is 28.9 Å². The molecule has 0 aliphatic carbocycles. The Morgan fingerprint density at radius 3 is 2.84 bits per heavy atom. The highest BCUT2D eigenvalue weighted by Crippen LogP contribution is 2.20. The molecule has 8 heteroatoms. The molecule has 0 unspecified atom stereocenters. The number of carbonyl (C=O) groups excluding carboxylic acids is 1. The van der Waals surface area contributed by atoms with Gasteiger partial charge in [0.2, 0.25) is 5.13 Å². The average Bonchev–Trinajstić information content (AvgIpc) is 3.21. The van der Waals surface area contributed by atoms with E-state index in [4.69, 9.17) is 0 Å². The molecule has 0 saturated heterocycles. The van der Waals surface area contributed by atoms with Gasteiger partial charge in [-0.05, 0) is 24.5 Å². The fraction of sp³-hybridized carbons (Fsp3) is 0.353. The highest BCUT2D eigenvalue weighted by atomic mass is 32.1. The number of carbonyl (C=O) groups is 1. The third kappa shape index (κ3) is 3.90. The van der Waals surface area contributed by atoms with Crippen LogP contribution < -0.4 is 5.32 Å². The second kappa shape index (κ2) is 7.52. The highest BCUT2D eigenvalue weighted by molar-refractivity contribution is 7.15. The van der Waals surface area contributed by atoms with Gasteiger partial charge in [0.05, 0.1) is 17.5 Å². The minimum atomic E-state index is -0.230. The molecule has 0 bridgehead atoms. The van der Waals surface area contributed by atoms with Gasteiger partial charge in [-0.15, -0.1) is 10.2 Å². The van der Waals surface area contributed by atoms with Gasteiger partial charge in [-0.25, -0.2) is 9.67 Å². The molecule has 0 spiro atoms. The molecule has 1 amide bonds. The molecule has 0 fully saturated rings. The molecular weight excluding hydrogens is 336 g/mol. The van der Waals surface area contributed by atoms with Crippen LogP contribution in [0.1, 0.15) is 41.8 Å². The van der Waals surface area contributed by atoms with Crippen molar-refractivity contribution in [2.24, 2.45) is 5.92 Å². The Kier molecular flexibility index (Phi) is 5.18. The van der Waals surface area contributed by atoms with Gasteiger partial charge < -0.3 is 0 Å². The van der Waals surface area contributed by atoms with Crippen molar-refractivity contribution in [3.63, 3.8) is 0 Å². The molecule has 130 valence electrons. The summed E-state index contributed by atoms with van der Waals surface area (Å²) in [5.74, 6) is 0.958. The van der Waals surface area contributed by atoms with Crippen LogP contribution in [0.4, 0.5) is 5.13 Å². The molecular formula is C17H20N6OS. The van der Waals surface area contributed by atoms with E-state index in [0.717, 1.165) is 17.1 Å². The molecule has 0 saturated carbocycles. The third-order valence-corrected chi connectivity index (χ3v) is 4.45. The lowest BCUT2D eigenvalue weighted by molar-refractivity contribution is 0.102. The predicted molar refractivity (Wildman–Crippen MR) is 97.1 cm³/mol. The normalized spacial score (nSPS) is 11.0. The van der Waals surface area contributed by atoms with Crippen LogP contribution in [0.15, 0.2) is 30.6 Å². The topological polar surface area (TPSA) is 85.6 Å². The molecule has 3 aromatic rings. The van der Waals surface area contributed by atoms with E-state index in [1.807, 2.05) is 25.1 Å². The molecule has 3 rings (SSSR count). The second-order valence-corrected chi connectivity index (χ2v) is 7.07. The van der Waals surface area contributed by atoms with Crippen molar-refractivity contribution in [3.05, 3.63) is 46.9 Å². The van der Waals surface area contributed by atoms with Crippen molar-refractivity contribution in [2.75, 3.05) is 5.32 Å². The predicted octanol–water partition coefficient (Wildman–Crippen LogP) is 3.13. The Hall–Kier alpha value is -2.61. The van der Waals surface area contributed by atoms with Crippen LogP contribution in [-0.2, 0) is 12.8 Å². The van der Waals surface area contributed by atoms with Gasteiger partial charge in [-0.1, -0.05) is 38.2 Å². The number of aromatic nitrogens is 5. The highest BCUT2D eigenvalue weighted by Gasteiger charge is 2.19. The Bertz CT molecular complexity index is 855. The smallest absolute Gasteiger partial charge is 0.260 e. The third-order valence-electron chi connectivity index (χ3n) is 3.58. The maximum absolute atomic E-state index is 12.6. The minimum Gasteiger partial charge on any atom is -0.296 e. The first-order valence-corrected chi connectivity index (χ1v) is 9.02. The van der Waals surface area contributed by atoms with E-state index in [2.05, 4.69) is 39.4 Å². The largest absolute Gasteiger partial charge is 0.296 e. The van der Waals surface area contributed by atoms with Crippen molar-refractivity contribution in [1.29, 1.82) is 0 Å². The molecule has 25 heavy (non-hydrogen) atoms. The van der Waals surface area contributed by atoms with E-state index >= 15 is 0 Å². The van der Waals surface area contributed by atoms with Crippen molar-refractivity contribution in [2.45, 2.75) is 33.6 Å². The van der Waals surface area contributed by atoms with Crippen LogP contribution in [-0.4, -0.2) is 30.9 Å². The zero-order chi connectivity index (χ0) is 17.8. The lowest BCUT2D eigenvalue weighted by atomic mass is 10.1. The Balaban J connectivity index is 1.81. The van der Waals surface area contributed by atoms with Gasteiger partial charge in [0.1, 0.15) is 5.01 Å². The van der Waals surface area contributed by atoms with Crippen LogP contribution in [0.25, 0.3) is 5.82 Å². The molecule has 0 aromatic carbocycles. The Labute approximate surface area is 150 Å². The molecule has 0 radical (unpaired) electrons. The summed E-state index contributed by atoms with van der Waals surface area (Å²) in [6.07, 6.45) is 4.78. The molecule has 7 nitrogen and oxygen atoms in total. The molecule has 1 N–H and O–H groups in total. The molecule has 0 atom stereocenters. The molecule has 0 aliphatic rings. The van der Waals surface area contributed by atoms with Gasteiger partial charge in [0.25, 0.3) is 5.91 Å². The average molecular weight is 356 g/mol. The first-order valence-electron chi connectivity index (χ1n) is 8.20. The van der Waals surface area contributed by atoms with Crippen LogP contribution in [0, 0.1) is 5.92 Å². The van der Waals surface area contributed by atoms with Gasteiger partial charge in [-0.2, -0.15) is 5.10 Å². The Morgan fingerprint density at radius 2 is 2.16 bits per heavy atom. The number of nitrogens with zero attached hydrogens (tertiary/aromatic N) is 5. The summed E-state index contributed by atoms with van der Waals surface area (Å²) >= 11 is 1.41. The lowest BCUT2D eigenvalue weighted by Crippen LogP contribution is -2.14. The van der Waals surface area contributed by atoms with Gasteiger partial charge in [0, 0.05) is 12.6 Å². The van der Waals surface area contributed by atoms with Crippen molar-refractivity contribution in [1.82, 2.24) is 25.0 Å².